The summed E-state index contributed by atoms with van der Waals surface area (Å²) in [7, 11) is 1.61. The molecule has 2 aliphatic rings. The van der Waals surface area contributed by atoms with Gasteiger partial charge in [0.15, 0.2) is 23.5 Å². The van der Waals surface area contributed by atoms with Gasteiger partial charge in [0.1, 0.15) is 17.3 Å². The number of anilines is 3. The Labute approximate surface area is 230 Å². The Morgan fingerprint density at radius 1 is 1.10 bits per heavy atom. The lowest BCUT2D eigenvalue weighted by atomic mass is 10.1. The molecule has 0 amide bonds. The van der Waals surface area contributed by atoms with E-state index >= 15 is 0 Å². The van der Waals surface area contributed by atoms with Crippen LogP contribution in [-0.4, -0.2) is 52.5 Å². The molecule has 7 rings (SSSR count). The van der Waals surface area contributed by atoms with Crippen LogP contribution in [0.4, 0.5) is 17.3 Å². The monoisotopic (exact) mass is 538 g/mol. The van der Waals surface area contributed by atoms with Gasteiger partial charge in [-0.3, -0.25) is 4.79 Å². The summed E-state index contributed by atoms with van der Waals surface area (Å²) in [6, 6.07) is 9.59. The van der Waals surface area contributed by atoms with Gasteiger partial charge in [0, 0.05) is 37.3 Å². The molecule has 0 bridgehead atoms. The highest BCUT2D eigenvalue weighted by atomic mass is 16.5. The number of H-pyrrole nitrogens is 1. The van der Waals surface area contributed by atoms with E-state index in [9.17, 15) is 4.79 Å². The Kier molecular flexibility index (Phi) is 6.02. The number of nitrogens with zero attached hydrogens (tertiary/aromatic N) is 4. The third kappa shape index (κ3) is 4.20. The van der Waals surface area contributed by atoms with Gasteiger partial charge in [0.2, 0.25) is 11.8 Å². The van der Waals surface area contributed by atoms with Gasteiger partial charge < -0.3 is 29.1 Å². The van der Waals surface area contributed by atoms with Gasteiger partial charge in [-0.05, 0) is 61.9 Å². The van der Waals surface area contributed by atoms with E-state index in [0.717, 1.165) is 84.8 Å². The van der Waals surface area contributed by atoms with Crippen LogP contribution < -0.4 is 19.7 Å². The average molecular weight is 539 g/mol. The summed E-state index contributed by atoms with van der Waals surface area (Å²) >= 11 is 0. The maximum absolute atomic E-state index is 11.8. The molecule has 2 aromatic carbocycles. The van der Waals surface area contributed by atoms with Gasteiger partial charge in [-0.1, -0.05) is 6.07 Å². The number of carbonyl (C=O) groups excluding carboxylic acids is 1. The zero-order chi connectivity index (χ0) is 27.2. The molecule has 1 aliphatic heterocycles. The van der Waals surface area contributed by atoms with Crippen molar-refractivity contribution in [3.8, 4) is 22.8 Å². The van der Waals surface area contributed by atoms with Crippen molar-refractivity contribution in [1.29, 1.82) is 0 Å². The van der Waals surface area contributed by atoms with Crippen LogP contribution in [0.3, 0.4) is 0 Å². The van der Waals surface area contributed by atoms with Crippen LogP contribution in [0.1, 0.15) is 48.4 Å². The van der Waals surface area contributed by atoms with Crippen LogP contribution in [0.5, 0.6) is 11.6 Å². The first-order chi connectivity index (χ1) is 19.6. The summed E-state index contributed by atoms with van der Waals surface area (Å²) in [6.07, 6.45) is 8.27. The molecule has 10 nitrogen and oxygen atoms in total. The Morgan fingerprint density at radius 2 is 1.95 bits per heavy atom. The van der Waals surface area contributed by atoms with Crippen LogP contribution in [0.15, 0.2) is 40.9 Å². The van der Waals surface area contributed by atoms with E-state index in [4.69, 9.17) is 23.9 Å². The van der Waals surface area contributed by atoms with Gasteiger partial charge >= 0.3 is 0 Å². The smallest absolute Gasteiger partial charge is 0.232 e. The minimum atomic E-state index is 0.104. The highest BCUT2D eigenvalue weighted by Gasteiger charge is 2.26. The molecule has 204 valence electrons. The molecule has 1 saturated heterocycles. The highest BCUT2D eigenvalue weighted by Crippen LogP contribution is 2.42. The lowest BCUT2D eigenvalue weighted by Crippen LogP contribution is -2.38. The van der Waals surface area contributed by atoms with E-state index in [2.05, 4.69) is 20.2 Å². The Bertz CT molecular complexity index is 1730. The van der Waals surface area contributed by atoms with E-state index in [1.54, 1.807) is 13.2 Å². The number of aromatic amines is 1. The molecule has 2 fully saturated rings. The molecule has 40 heavy (non-hydrogen) atoms. The van der Waals surface area contributed by atoms with E-state index in [1.165, 1.54) is 0 Å². The van der Waals surface area contributed by atoms with E-state index < -0.39 is 0 Å². The number of hydrogen-bond donors (Lipinski definition) is 2. The molecular weight excluding hydrogens is 508 g/mol. The number of rotatable bonds is 8. The summed E-state index contributed by atoms with van der Waals surface area (Å²) < 4.78 is 18.1. The Hall–Kier alpha value is -4.60. The van der Waals surface area contributed by atoms with Crippen LogP contribution in [-0.2, 0) is 0 Å². The average Bonchev–Trinajstić information content (AvgIpc) is 3.67. The third-order valence-corrected chi connectivity index (χ3v) is 7.80. The topological polar surface area (TPSA) is 118 Å². The molecule has 10 heteroatoms. The standard InChI is InChI=1S/C30H30N6O4/c1-17-32-22-10-8-18(14-24(22)39-17)21-15-31-28-25(21)29(40-20-6-3-4-7-20)35-30(34-28)33-23-11-9-19(16-37)26(27(23)38-2)36-12-5-13-36/h8-11,14-16,20H,3-7,12-13H2,1-2H3,(H2,31,33,34,35). The van der Waals surface area contributed by atoms with Crippen molar-refractivity contribution in [2.45, 2.75) is 45.1 Å². The minimum Gasteiger partial charge on any atom is -0.492 e. The fourth-order valence-electron chi connectivity index (χ4n) is 5.71. The first-order valence-corrected chi connectivity index (χ1v) is 13.7. The normalized spacial score (nSPS) is 15.5. The number of nitrogens with one attached hydrogen (secondary N) is 2. The Morgan fingerprint density at radius 3 is 2.70 bits per heavy atom. The van der Waals surface area contributed by atoms with Crippen molar-refractivity contribution in [2.24, 2.45) is 0 Å². The lowest BCUT2D eigenvalue weighted by Gasteiger charge is -2.35. The van der Waals surface area contributed by atoms with Crippen molar-refractivity contribution in [1.82, 2.24) is 19.9 Å². The highest BCUT2D eigenvalue weighted by molar-refractivity contribution is 5.99. The molecule has 5 aromatic rings. The SMILES string of the molecule is COc1c(Nc2nc(OC3CCCC3)c3c(-c4ccc5nc(C)oc5c4)c[nH]c3n2)ccc(C=O)c1N1CCC1. The second-order valence-electron chi connectivity index (χ2n) is 10.4. The number of oxazole rings is 1. The van der Waals surface area contributed by atoms with E-state index in [-0.39, 0.29) is 6.10 Å². The summed E-state index contributed by atoms with van der Waals surface area (Å²) in [5.41, 5.74) is 6.15. The van der Waals surface area contributed by atoms with Gasteiger partial charge in [-0.15, -0.1) is 0 Å². The number of ether oxygens (including phenoxy) is 2. The zero-order valence-electron chi connectivity index (χ0n) is 22.5. The summed E-state index contributed by atoms with van der Waals surface area (Å²) in [5, 5.41) is 4.16. The van der Waals surface area contributed by atoms with Crippen LogP contribution in [0.25, 0.3) is 33.3 Å². The van der Waals surface area contributed by atoms with Crippen molar-refractivity contribution >= 4 is 45.7 Å². The number of methoxy groups -OCH3 is 1. The fourth-order valence-corrected chi connectivity index (χ4v) is 5.71. The van der Waals surface area contributed by atoms with Crippen molar-refractivity contribution < 1.29 is 18.7 Å². The second-order valence-corrected chi connectivity index (χ2v) is 10.4. The Balaban J connectivity index is 1.32. The number of aldehydes is 1. The van der Waals surface area contributed by atoms with Crippen LogP contribution in [0, 0.1) is 6.92 Å². The maximum Gasteiger partial charge on any atom is 0.232 e. The van der Waals surface area contributed by atoms with Crippen molar-refractivity contribution in [2.75, 3.05) is 30.4 Å². The number of fused-ring (bicyclic) bond motifs is 2. The maximum atomic E-state index is 11.8. The van der Waals surface area contributed by atoms with Crippen LogP contribution in [0.2, 0.25) is 0 Å². The number of benzene rings is 2. The van der Waals surface area contributed by atoms with E-state index in [1.807, 2.05) is 37.4 Å². The van der Waals surface area contributed by atoms with Gasteiger partial charge in [0.25, 0.3) is 0 Å². The predicted molar refractivity (Wildman–Crippen MR) is 153 cm³/mol. The number of aromatic nitrogens is 4. The molecule has 1 aliphatic carbocycles. The predicted octanol–water partition coefficient (Wildman–Crippen LogP) is 6.17. The largest absolute Gasteiger partial charge is 0.492 e. The number of carbonyl (C=O) groups is 1. The first kappa shape index (κ1) is 24.4. The third-order valence-electron chi connectivity index (χ3n) is 7.80. The van der Waals surface area contributed by atoms with Crippen LogP contribution >= 0.6 is 0 Å². The second kappa shape index (κ2) is 9.86. The minimum absolute atomic E-state index is 0.104. The van der Waals surface area contributed by atoms with E-state index in [0.29, 0.717) is 40.4 Å². The molecule has 4 heterocycles. The van der Waals surface area contributed by atoms with Gasteiger partial charge in [-0.2, -0.15) is 9.97 Å². The summed E-state index contributed by atoms with van der Waals surface area (Å²) in [6.45, 7) is 3.61. The number of hydrogen-bond acceptors (Lipinski definition) is 9. The lowest BCUT2D eigenvalue weighted by molar-refractivity contribution is 0.112. The summed E-state index contributed by atoms with van der Waals surface area (Å²) in [5.74, 6) is 2.12. The van der Waals surface area contributed by atoms with Gasteiger partial charge in [-0.25, -0.2) is 4.98 Å². The number of aryl methyl sites for hydroxylation is 1. The quantitative estimate of drug-likeness (QED) is 0.224. The molecule has 0 atom stereocenters. The van der Waals surface area contributed by atoms with Gasteiger partial charge in [0.05, 0.1) is 23.9 Å². The zero-order valence-corrected chi connectivity index (χ0v) is 22.5. The molecule has 1 saturated carbocycles. The van der Waals surface area contributed by atoms with Crippen molar-refractivity contribution in [3.63, 3.8) is 0 Å². The van der Waals surface area contributed by atoms with Crippen molar-refractivity contribution in [3.05, 3.63) is 48.0 Å². The molecule has 0 radical (unpaired) electrons. The summed E-state index contributed by atoms with van der Waals surface area (Å²) in [4.78, 5) is 31.4. The molecule has 3 aromatic heterocycles. The molecule has 2 N–H and O–H groups in total. The molecule has 0 spiro atoms. The first-order valence-electron chi connectivity index (χ1n) is 13.7. The molecule has 0 unspecified atom stereocenters. The fraction of sp³-hybridized carbons (Fsp3) is 0.333. The molecular formula is C30H30N6O4.